The van der Waals surface area contributed by atoms with Gasteiger partial charge in [-0.15, -0.1) is 0 Å². The first-order chi connectivity index (χ1) is 8.47. The van der Waals surface area contributed by atoms with Crippen LogP contribution < -0.4 is 4.90 Å². The third kappa shape index (κ3) is 1.85. The van der Waals surface area contributed by atoms with Gasteiger partial charge in [0.2, 0.25) is 0 Å². The van der Waals surface area contributed by atoms with Crippen LogP contribution in [0.1, 0.15) is 31.4 Å². The lowest BCUT2D eigenvalue weighted by Gasteiger charge is -2.30. The van der Waals surface area contributed by atoms with Gasteiger partial charge in [0.25, 0.3) is 0 Å². The summed E-state index contributed by atoms with van der Waals surface area (Å²) in [6, 6.07) is 5.24. The summed E-state index contributed by atoms with van der Waals surface area (Å²) >= 11 is 0. The summed E-state index contributed by atoms with van der Waals surface area (Å²) in [5.74, 6) is -0.462. The third-order valence-corrected chi connectivity index (χ3v) is 3.81. The molecule has 0 bridgehead atoms. The molecule has 3 atom stereocenters. The van der Waals surface area contributed by atoms with Gasteiger partial charge in [0, 0.05) is 17.3 Å². The molecule has 1 aromatic rings. The zero-order valence-electron chi connectivity index (χ0n) is 10.8. The zero-order chi connectivity index (χ0) is 13.4. The molecule has 1 saturated heterocycles. The second-order valence-corrected chi connectivity index (χ2v) is 4.98. The molecule has 0 radical (unpaired) electrons. The molecule has 0 aliphatic carbocycles. The summed E-state index contributed by atoms with van der Waals surface area (Å²) in [6.07, 6.45) is 0.292. The first-order valence-corrected chi connectivity index (χ1v) is 6.13. The molecule has 0 unspecified atom stereocenters. The lowest BCUT2D eigenvalue weighted by molar-refractivity contribution is 0.168. The third-order valence-electron chi connectivity index (χ3n) is 3.81. The molecule has 1 aliphatic rings. The van der Waals surface area contributed by atoms with Crippen molar-refractivity contribution in [2.45, 2.75) is 45.4 Å². The molecule has 1 N–H and O–H groups in total. The van der Waals surface area contributed by atoms with Crippen LogP contribution >= 0.6 is 0 Å². The summed E-state index contributed by atoms with van der Waals surface area (Å²) in [4.78, 5) is 2.03. The quantitative estimate of drug-likeness (QED) is 0.830. The molecule has 18 heavy (non-hydrogen) atoms. The topological polar surface area (TPSA) is 47.3 Å². The lowest BCUT2D eigenvalue weighted by Crippen LogP contribution is -2.36. The fourth-order valence-electron chi connectivity index (χ4n) is 2.74. The van der Waals surface area contributed by atoms with Gasteiger partial charge in [0.15, 0.2) is 0 Å². The first-order valence-electron chi connectivity index (χ1n) is 6.13. The second-order valence-electron chi connectivity index (χ2n) is 4.98. The Labute approximate surface area is 106 Å². The highest BCUT2D eigenvalue weighted by molar-refractivity contribution is 5.59. The van der Waals surface area contributed by atoms with Crippen molar-refractivity contribution in [3.05, 3.63) is 29.1 Å². The maximum absolute atomic E-state index is 14.0. The Morgan fingerprint density at radius 3 is 2.61 bits per heavy atom. The molecule has 2 rings (SSSR count). The largest absolute Gasteiger partial charge is 0.391 e. The van der Waals surface area contributed by atoms with E-state index in [2.05, 4.69) is 0 Å². The Kier molecular flexibility index (Phi) is 3.27. The minimum absolute atomic E-state index is 0.0361. The monoisotopic (exact) mass is 248 g/mol. The molecule has 1 fully saturated rings. The second kappa shape index (κ2) is 4.58. The molecular formula is C14H17FN2O. The molecule has 4 heteroatoms. The minimum Gasteiger partial charge on any atom is -0.391 e. The van der Waals surface area contributed by atoms with E-state index in [0.29, 0.717) is 12.0 Å². The summed E-state index contributed by atoms with van der Waals surface area (Å²) in [6.45, 7) is 5.63. The summed E-state index contributed by atoms with van der Waals surface area (Å²) < 4.78 is 14.0. The maximum atomic E-state index is 14.0. The highest BCUT2D eigenvalue weighted by atomic mass is 19.1. The molecule has 1 heterocycles. The minimum atomic E-state index is -0.462. The van der Waals surface area contributed by atoms with Gasteiger partial charge in [-0.2, -0.15) is 5.26 Å². The van der Waals surface area contributed by atoms with Crippen LogP contribution in [-0.2, 0) is 0 Å². The van der Waals surface area contributed by atoms with E-state index in [9.17, 15) is 9.50 Å². The number of hydrogen-bond acceptors (Lipinski definition) is 3. The molecule has 1 aliphatic heterocycles. The van der Waals surface area contributed by atoms with Gasteiger partial charge in [-0.25, -0.2) is 4.39 Å². The summed E-state index contributed by atoms with van der Waals surface area (Å²) in [5, 5.41) is 18.7. The van der Waals surface area contributed by atoms with E-state index in [0.717, 1.165) is 5.69 Å². The van der Waals surface area contributed by atoms with Gasteiger partial charge >= 0.3 is 0 Å². The SMILES string of the molecule is Cc1c(N2[C@H](C)C[C@H](O)[C@@H]2C)ccc(C#N)c1F. The number of nitriles is 1. The van der Waals surface area contributed by atoms with Gasteiger partial charge in [0.05, 0.1) is 17.7 Å². The number of rotatable bonds is 1. The molecule has 0 spiro atoms. The number of aliphatic hydroxyl groups excluding tert-OH is 1. The van der Waals surface area contributed by atoms with Crippen molar-refractivity contribution in [1.82, 2.24) is 0 Å². The molecule has 3 nitrogen and oxygen atoms in total. The van der Waals surface area contributed by atoms with E-state index in [1.165, 1.54) is 6.07 Å². The van der Waals surface area contributed by atoms with Gasteiger partial charge < -0.3 is 10.0 Å². The Morgan fingerprint density at radius 1 is 1.44 bits per heavy atom. The van der Waals surface area contributed by atoms with Crippen LogP contribution in [0.2, 0.25) is 0 Å². The van der Waals surface area contributed by atoms with Crippen molar-refractivity contribution in [3.8, 4) is 6.07 Å². The Balaban J connectivity index is 2.47. The lowest BCUT2D eigenvalue weighted by atomic mass is 10.1. The normalized spacial score (nSPS) is 27.3. The van der Waals surface area contributed by atoms with Crippen molar-refractivity contribution in [1.29, 1.82) is 5.26 Å². The molecular weight excluding hydrogens is 231 g/mol. The Morgan fingerprint density at radius 2 is 2.11 bits per heavy atom. The van der Waals surface area contributed by atoms with Crippen molar-refractivity contribution in [2.24, 2.45) is 0 Å². The highest BCUT2D eigenvalue weighted by Gasteiger charge is 2.36. The Bertz CT molecular complexity index is 509. The number of hydrogen-bond donors (Lipinski definition) is 1. The maximum Gasteiger partial charge on any atom is 0.145 e. The van der Waals surface area contributed by atoms with Gasteiger partial charge in [-0.1, -0.05) is 0 Å². The van der Waals surface area contributed by atoms with Crippen LogP contribution in [0, 0.1) is 24.1 Å². The standard InChI is InChI=1S/C14H17FN2O/c1-8-6-13(18)10(3)17(8)12-5-4-11(7-16)14(15)9(12)2/h4-5,8,10,13,18H,6H2,1-3H3/t8-,10+,13+/m1/s1. The van der Waals surface area contributed by atoms with E-state index < -0.39 is 11.9 Å². The van der Waals surface area contributed by atoms with Crippen LogP contribution in [0.15, 0.2) is 12.1 Å². The average Bonchev–Trinajstić information content (AvgIpc) is 2.58. The fraction of sp³-hybridized carbons (Fsp3) is 0.500. The van der Waals surface area contributed by atoms with Crippen molar-refractivity contribution in [2.75, 3.05) is 4.90 Å². The number of aliphatic hydroxyl groups is 1. The van der Waals surface area contributed by atoms with Gasteiger partial charge in [0.1, 0.15) is 11.9 Å². The number of benzene rings is 1. The van der Waals surface area contributed by atoms with Crippen molar-refractivity contribution in [3.63, 3.8) is 0 Å². The summed E-state index contributed by atoms with van der Waals surface area (Å²) in [7, 11) is 0. The van der Waals surface area contributed by atoms with E-state index in [4.69, 9.17) is 5.26 Å². The molecule has 0 amide bonds. The molecule has 96 valence electrons. The van der Waals surface area contributed by atoms with E-state index >= 15 is 0 Å². The molecule has 0 aromatic heterocycles. The van der Waals surface area contributed by atoms with Crippen LogP contribution in [0.3, 0.4) is 0 Å². The number of anilines is 1. The van der Waals surface area contributed by atoms with Gasteiger partial charge in [-0.05, 0) is 39.3 Å². The number of nitrogens with zero attached hydrogens (tertiary/aromatic N) is 2. The summed E-state index contributed by atoms with van der Waals surface area (Å²) in [5.41, 5.74) is 1.31. The molecule has 1 aromatic carbocycles. The Hall–Kier alpha value is -1.60. The van der Waals surface area contributed by atoms with Crippen LogP contribution in [-0.4, -0.2) is 23.3 Å². The first kappa shape index (κ1) is 12.8. The van der Waals surface area contributed by atoms with E-state index in [-0.39, 0.29) is 17.6 Å². The van der Waals surface area contributed by atoms with E-state index in [1.807, 2.05) is 24.8 Å². The van der Waals surface area contributed by atoms with Crippen molar-refractivity contribution < 1.29 is 9.50 Å². The fourth-order valence-corrected chi connectivity index (χ4v) is 2.74. The zero-order valence-corrected chi connectivity index (χ0v) is 10.8. The van der Waals surface area contributed by atoms with E-state index in [1.54, 1.807) is 13.0 Å². The predicted molar refractivity (Wildman–Crippen MR) is 67.9 cm³/mol. The van der Waals surface area contributed by atoms with Crippen molar-refractivity contribution >= 4 is 5.69 Å². The highest BCUT2D eigenvalue weighted by Crippen LogP contribution is 2.34. The smallest absolute Gasteiger partial charge is 0.145 e. The van der Waals surface area contributed by atoms with Crippen LogP contribution in [0.5, 0.6) is 0 Å². The van der Waals surface area contributed by atoms with Gasteiger partial charge in [-0.3, -0.25) is 0 Å². The van der Waals surface area contributed by atoms with Crippen LogP contribution in [0.4, 0.5) is 10.1 Å². The van der Waals surface area contributed by atoms with Crippen LogP contribution in [0.25, 0.3) is 0 Å². The predicted octanol–water partition coefficient (Wildman–Crippen LogP) is 2.35. The molecule has 0 saturated carbocycles. The number of halogens is 1. The average molecular weight is 248 g/mol.